The number of hydrogen-bond acceptors (Lipinski definition) is 8. The number of pyridine rings is 1. The first kappa shape index (κ1) is 25.2. The highest BCUT2D eigenvalue weighted by Crippen LogP contribution is 2.35. The summed E-state index contributed by atoms with van der Waals surface area (Å²) in [6, 6.07) is 12.7. The summed E-state index contributed by atoms with van der Waals surface area (Å²) in [7, 11) is 0. The van der Waals surface area contributed by atoms with E-state index >= 15 is 0 Å². The van der Waals surface area contributed by atoms with Crippen molar-refractivity contribution in [2.45, 2.75) is 51.6 Å². The molecule has 1 atom stereocenters. The van der Waals surface area contributed by atoms with E-state index in [0.29, 0.717) is 37.6 Å². The molecule has 0 unspecified atom stereocenters. The van der Waals surface area contributed by atoms with Gasteiger partial charge in [0.05, 0.1) is 16.5 Å². The predicted molar refractivity (Wildman–Crippen MR) is 148 cm³/mol. The van der Waals surface area contributed by atoms with Gasteiger partial charge >= 0.3 is 0 Å². The van der Waals surface area contributed by atoms with Gasteiger partial charge in [0.1, 0.15) is 6.04 Å². The zero-order chi connectivity index (χ0) is 27.1. The number of non-ortho nitro benzene ring substituents is 1. The molecule has 202 valence electrons. The fourth-order valence-corrected chi connectivity index (χ4v) is 6.06. The Hall–Kier alpha value is -4.12. The third-order valence-electron chi connectivity index (χ3n) is 8.41. The van der Waals surface area contributed by atoms with Crippen LogP contribution < -0.4 is 10.5 Å². The Bertz CT molecular complexity index is 1560. The number of rotatable bonds is 6. The highest BCUT2D eigenvalue weighted by Gasteiger charge is 2.35. The van der Waals surface area contributed by atoms with E-state index in [4.69, 9.17) is 0 Å². The van der Waals surface area contributed by atoms with Gasteiger partial charge in [-0.3, -0.25) is 19.8 Å². The molecule has 1 aliphatic carbocycles. The van der Waals surface area contributed by atoms with Crippen LogP contribution in [0.4, 0.5) is 11.4 Å². The SMILES string of the molecule is Cc1ccc2cc([C@H](c3nnnn3C3CCCC3)N3CCN(c4ccc([N+](=O)[O-])cc4)CC3)c(=O)[nH]c2c1C. The minimum atomic E-state index is -0.394. The Morgan fingerprint density at radius 3 is 2.44 bits per heavy atom. The molecule has 1 saturated carbocycles. The summed E-state index contributed by atoms with van der Waals surface area (Å²) in [5.41, 5.74) is 4.61. The molecular formula is C28H32N8O3. The first-order chi connectivity index (χ1) is 18.9. The topological polar surface area (TPSA) is 126 Å². The van der Waals surface area contributed by atoms with Gasteiger partial charge in [-0.1, -0.05) is 25.0 Å². The lowest BCUT2D eigenvalue weighted by Crippen LogP contribution is -2.49. The van der Waals surface area contributed by atoms with E-state index in [1.165, 1.54) is 0 Å². The lowest BCUT2D eigenvalue weighted by Gasteiger charge is -2.39. The highest BCUT2D eigenvalue weighted by atomic mass is 16.6. The molecule has 11 heteroatoms. The lowest BCUT2D eigenvalue weighted by atomic mass is 9.99. The average molecular weight is 529 g/mol. The van der Waals surface area contributed by atoms with Crippen molar-refractivity contribution < 1.29 is 4.92 Å². The number of nitro groups is 1. The predicted octanol–water partition coefficient (Wildman–Crippen LogP) is 4.07. The molecule has 2 fully saturated rings. The number of benzene rings is 2. The first-order valence-electron chi connectivity index (χ1n) is 13.5. The summed E-state index contributed by atoms with van der Waals surface area (Å²) >= 11 is 0. The second kappa shape index (κ2) is 10.2. The lowest BCUT2D eigenvalue weighted by molar-refractivity contribution is -0.384. The van der Waals surface area contributed by atoms with E-state index in [-0.39, 0.29) is 22.2 Å². The van der Waals surface area contributed by atoms with E-state index in [2.05, 4.69) is 42.4 Å². The number of piperazine rings is 1. The normalized spacial score (nSPS) is 17.6. The molecule has 0 spiro atoms. The molecule has 1 saturated heterocycles. The van der Waals surface area contributed by atoms with Crippen molar-refractivity contribution in [2.24, 2.45) is 0 Å². The molecule has 0 amide bonds. The van der Waals surface area contributed by atoms with Crippen LogP contribution in [0.25, 0.3) is 10.9 Å². The molecule has 3 heterocycles. The fourth-order valence-electron chi connectivity index (χ4n) is 6.06. The van der Waals surface area contributed by atoms with Crippen LogP contribution in [0.5, 0.6) is 0 Å². The molecule has 2 aliphatic rings. The Morgan fingerprint density at radius 1 is 1.03 bits per heavy atom. The molecule has 11 nitrogen and oxygen atoms in total. The third kappa shape index (κ3) is 4.67. The monoisotopic (exact) mass is 528 g/mol. The molecule has 2 aromatic heterocycles. The summed E-state index contributed by atoms with van der Waals surface area (Å²) in [6.07, 6.45) is 4.37. The number of fused-ring (bicyclic) bond motifs is 1. The van der Waals surface area contributed by atoms with Crippen LogP contribution in [-0.2, 0) is 0 Å². The molecule has 2 aromatic carbocycles. The van der Waals surface area contributed by atoms with Crippen LogP contribution in [0.3, 0.4) is 0 Å². The Morgan fingerprint density at radius 2 is 1.74 bits per heavy atom. The number of tetrazole rings is 1. The van der Waals surface area contributed by atoms with Gasteiger partial charge in [0.2, 0.25) is 0 Å². The van der Waals surface area contributed by atoms with Gasteiger partial charge in [0.25, 0.3) is 11.2 Å². The minimum absolute atomic E-state index is 0.0807. The number of hydrogen-bond donors (Lipinski definition) is 1. The van der Waals surface area contributed by atoms with Crippen molar-refractivity contribution >= 4 is 22.3 Å². The van der Waals surface area contributed by atoms with Crippen LogP contribution in [0.1, 0.15) is 60.3 Å². The van der Waals surface area contributed by atoms with Crippen molar-refractivity contribution in [3.63, 3.8) is 0 Å². The van der Waals surface area contributed by atoms with E-state index < -0.39 is 6.04 Å². The van der Waals surface area contributed by atoms with E-state index in [9.17, 15) is 14.9 Å². The molecular weight excluding hydrogens is 496 g/mol. The third-order valence-corrected chi connectivity index (χ3v) is 8.41. The Balaban J connectivity index is 1.36. The van der Waals surface area contributed by atoms with Crippen molar-refractivity contribution in [1.82, 2.24) is 30.1 Å². The standard InChI is InChI=1S/C28H32N8O3/c1-18-7-8-20-17-24(28(37)29-25(20)19(18)2)26(27-30-31-32-35(27)22-5-3-4-6-22)34-15-13-33(14-16-34)21-9-11-23(12-10-21)36(38)39/h7-12,17,22,26H,3-6,13-16H2,1-2H3,(H,29,37)/t26-/m1/s1. The summed E-state index contributed by atoms with van der Waals surface area (Å²) in [4.78, 5) is 32.0. The molecule has 4 aromatic rings. The van der Waals surface area contributed by atoms with Crippen molar-refractivity contribution in [2.75, 3.05) is 31.1 Å². The second-order valence-corrected chi connectivity index (χ2v) is 10.6. The number of aromatic nitrogens is 5. The van der Waals surface area contributed by atoms with Gasteiger partial charge in [-0.25, -0.2) is 4.68 Å². The zero-order valence-corrected chi connectivity index (χ0v) is 22.2. The number of nitrogens with one attached hydrogen (secondary N) is 1. The minimum Gasteiger partial charge on any atom is -0.369 e. The summed E-state index contributed by atoms with van der Waals surface area (Å²) < 4.78 is 1.95. The quantitative estimate of drug-likeness (QED) is 0.293. The molecule has 0 radical (unpaired) electrons. The molecule has 39 heavy (non-hydrogen) atoms. The van der Waals surface area contributed by atoms with E-state index in [1.807, 2.05) is 24.6 Å². The number of H-pyrrole nitrogens is 1. The van der Waals surface area contributed by atoms with Crippen LogP contribution >= 0.6 is 0 Å². The number of nitrogens with zero attached hydrogens (tertiary/aromatic N) is 7. The van der Waals surface area contributed by atoms with Crippen LogP contribution in [0, 0.1) is 24.0 Å². The molecule has 0 bridgehead atoms. The number of aromatic amines is 1. The first-order valence-corrected chi connectivity index (χ1v) is 13.5. The Labute approximate surface area is 225 Å². The van der Waals surface area contributed by atoms with Gasteiger partial charge in [0.15, 0.2) is 5.82 Å². The van der Waals surface area contributed by atoms with Gasteiger partial charge in [-0.2, -0.15) is 0 Å². The number of nitro benzene ring substituents is 1. The maximum atomic E-state index is 13.7. The van der Waals surface area contributed by atoms with Crippen LogP contribution in [-0.4, -0.2) is 61.2 Å². The second-order valence-electron chi connectivity index (χ2n) is 10.6. The maximum absolute atomic E-state index is 13.7. The van der Waals surface area contributed by atoms with Gasteiger partial charge in [-0.05, 0) is 71.8 Å². The van der Waals surface area contributed by atoms with Crippen LogP contribution in [0.2, 0.25) is 0 Å². The van der Waals surface area contributed by atoms with Gasteiger partial charge in [-0.15, -0.1) is 5.10 Å². The summed E-state index contributed by atoms with van der Waals surface area (Å²) in [5.74, 6) is 0.708. The van der Waals surface area contributed by atoms with E-state index in [1.54, 1.807) is 24.3 Å². The van der Waals surface area contributed by atoms with Gasteiger partial charge in [0, 0.05) is 49.6 Å². The molecule has 1 aliphatic heterocycles. The van der Waals surface area contributed by atoms with Crippen LogP contribution in [0.15, 0.2) is 47.3 Å². The van der Waals surface area contributed by atoms with Crippen molar-refractivity contribution in [3.8, 4) is 0 Å². The van der Waals surface area contributed by atoms with Crippen molar-refractivity contribution in [1.29, 1.82) is 0 Å². The fraction of sp³-hybridized carbons (Fsp3) is 0.429. The van der Waals surface area contributed by atoms with Crippen molar-refractivity contribution in [3.05, 3.63) is 85.4 Å². The summed E-state index contributed by atoms with van der Waals surface area (Å²) in [6.45, 7) is 6.87. The number of aryl methyl sites for hydroxylation is 2. The smallest absolute Gasteiger partial charge is 0.269 e. The maximum Gasteiger partial charge on any atom is 0.269 e. The molecule has 1 N–H and O–H groups in total. The number of anilines is 1. The average Bonchev–Trinajstić information content (AvgIpc) is 3.65. The van der Waals surface area contributed by atoms with Gasteiger partial charge < -0.3 is 9.88 Å². The summed E-state index contributed by atoms with van der Waals surface area (Å²) in [5, 5.41) is 25.0. The highest BCUT2D eigenvalue weighted by molar-refractivity contribution is 5.83. The zero-order valence-electron chi connectivity index (χ0n) is 22.2. The van der Waals surface area contributed by atoms with E-state index in [0.717, 1.165) is 53.4 Å². The molecule has 6 rings (SSSR count). The Kier molecular flexibility index (Phi) is 6.59. The largest absolute Gasteiger partial charge is 0.369 e.